The molecule has 2 heterocycles. The highest BCUT2D eigenvalue weighted by molar-refractivity contribution is 5.81. The van der Waals surface area contributed by atoms with Crippen LogP contribution in [0.5, 0.6) is 0 Å². The Morgan fingerprint density at radius 1 is 1.10 bits per heavy atom. The summed E-state index contributed by atoms with van der Waals surface area (Å²) in [6, 6.07) is 13.5. The average molecular weight is 402 g/mol. The molecule has 1 unspecified atom stereocenters. The highest BCUT2D eigenvalue weighted by atomic mass is 15.1. The lowest BCUT2D eigenvalue weighted by molar-refractivity contribution is 0.528. The van der Waals surface area contributed by atoms with E-state index >= 15 is 0 Å². The molecule has 1 atom stereocenters. The number of aromatic amines is 1. The number of aryl methyl sites for hydroxylation is 1. The van der Waals surface area contributed by atoms with Gasteiger partial charge in [0.15, 0.2) is 0 Å². The van der Waals surface area contributed by atoms with Crippen LogP contribution in [0.15, 0.2) is 55.0 Å². The molecular weight excluding hydrogens is 370 g/mol. The zero-order valence-corrected chi connectivity index (χ0v) is 18.5. The number of nitrogens with one attached hydrogen (secondary N) is 2. The van der Waals surface area contributed by atoms with Crippen LogP contribution in [0.1, 0.15) is 54.9 Å². The molecular formula is C25H31N5. The van der Waals surface area contributed by atoms with E-state index in [0.717, 1.165) is 29.7 Å². The second-order valence-electron chi connectivity index (χ2n) is 9.15. The first-order chi connectivity index (χ1) is 14.3. The van der Waals surface area contributed by atoms with Crippen LogP contribution in [0.3, 0.4) is 0 Å². The Balaban J connectivity index is 1.55. The van der Waals surface area contributed by atoms with Gasteiger partial charge in [-0.05, 0) is 54.1 Å². The van der Waals surface area contributed by atoms with Crippen LogP contribution in [0.2, 0.25) is 0 Å². The van der Waals surface area contributed by atoms with Gasteiger partial charge >= 0.3 is 0 Å². The first kappa shape index (κ1) is 20.4. The van der Waals surface area contributed by atoms with Gasteiger partial charge in [0.05, 0.1) is 17.8 Å². The van der Waals surface area contributed by atoms with Crippen LogP contribution in [0.4, 0.5) is 0 Å². The Morgan fingerprint density at radius 2 is 1.87 bits per heavy atom. The van der Waals surface area contributed by atoms with Crippen molar-refractivity contribution in [1.82, 2.24) is 25.1 Å². The highest BCUT2D eigenvalue weighted by Gasteiger charge is 2.18. The molecule has 0 radical (unpaired) electrons. The van der Waals surface area contributed by atoms with Crippen LogP contribution < -0.4 is 5.32 Å². The summed E-state index contributed by atoms with van der Waals surface area (Å²) in [5.41, 5.74) is 6.43. The number of nitrogens with zero attached hydrogens (tertiary/aromatic N) is 3. The van der Waals surface area contributed by atoms with E-state index in [2.05, 4.69) is 90.4 Å². The molecule has 0 amide bonds. The molecule has 0 aliphatic heterocycles. The quantitative estimate of drug-likeness (QED) is 0.482. The van der Waals surface area contributed by atoms with Crippen molar-refractivity contribution in [3.05, 3.63) is 83.1 Å². The van der Waals surface area contributed by atoms with E-state index < -0.39 is 0 Å². The summed E-state index contributed by atoms with van der Waals surface area (Å²) in [6.45, 7) is 9.68. The average Bonchev–Trinajstić information content (AvgIpc) is 3.35. The third-order valence-corrected chi connectivity index (χ3v) is 5.83. The zero-order valence-electron chi connectivity index (χ0n) is 18.5. The third kappa shape index (κ3) is 4.17. The SMILES string of the molecule is CNC(Cc1cc(C)c2[nH]ncc2c1)c1nccn1Cc1ccc(C(C)(C)C)cc1. The van der Waals surface area contributed by atoms with Crippen molar-refractivity contribution in [2.24, 2.45) is 0 Å². The largest absolute Gasteiger partial charge is 0.329 e. The van der Waals surface area contributed by atoms with Crippen LogP contribution in [0, 0.1) is 6.92 Å². The van der Waals surface area contributed by atoms with E-state index in [1.807, 2.05) is 19.4 Å². The van der Waals surface area contributed by atoms with Crippen LogP contribution in [-0.4, -0.2) is 26.8 Å². The van der Waals surface area contributed by atoms with E-state index in [1.54, 1.807) is 0 Å². The molecule has 4 rings (SSSR count). The second-order valence-corrected chi connectivity index (χ2v) is 9.15. The molecule has 0 spiro atoms. The van der Waals surface area contributed by atoms with Crippen molar-refractivity contribution in [2.45, 2.75) is 52.1 Å². The highest BCUT2D eigenvalue weighted by Crippen LogP contribution is 2.25. The zero-order chi connectivity index (χ0) is 21.3. The summed E-state index contributed by atoms with van der Waals surface area (Å²) in [5.74, 6) is 1.06. The minimum atomic E-state index is 0.137. The van der Waals surface area contributed by atoms with Gasteiger partial charge in [-0.3, -0.25) is 5.10 Å². The van der Waals surface area contributed by atoms with Gasteiger partial charge in [-0.1, -0.05) is 51.1 Å². The van der Waals surface area contributed by atoms with Crippen molar-refractivity contribution in [3.63, 3.8) is 0 Å². The molecule has 0 fully saturated rings. The molecule has 4 aromatic rings. The second kappa shape index (κ2) is 8.07. The molecule has 156 valence electrons. The lowest BCUT2D eigenvalue weighted by Gasteiger charge is -2.20. The van der Waals surface area contributed by atoms with Crippen LogP contribution >= 0.6 is 0 Å². The number of rotatable bonds is 6. The predicted octanol–water partition coefficient (Wildman–Crippen LogP) is 4.92. The van der Waals surface area contributed by atoms with Crippen LogP contribution in [0.25, 0.3) is 10.9 Å². The van der Waals surface area contributed by atoms with Crippen molar-refractivity contribution < 1.29 is 0 Å². The number of hydrogen-bond acceptors (Lipinski definition) is 3. The Kier molecular flexibility index (Phi) is 5.48. The molecule has 5 nitrogen and oxygen atoms in total. The Bertz CT molecular complexity index is 1130. The molecule has 2 aromatic carbocycles. The standard InChI is InChI=1S/C25H31N5/c1-17-12-19(13-20-15-28-29-23(17)20)14-22(26-5)24-27-10-11-30(24)16-18-6-8-21(9-7-18)25(2,3)4/h6-13,15,22,26H,14,16H2,1-5H3,(H,28,29). The predicted molar refractivity (Wildman–Crippen MR) is 123 cm³/mol. The molecule has 0 saturated carbocycles. The van der Waals surface area contributed by atoms with E-state index in [9.17, 15) is 0 Å². The first-order valence-corrected chi connectivity index (χ1v) is 10.6. The van der Waals surface area contributed by atoms with Gasteiger partial charge in [-0.2, -0.15) is 5.10 Å². The number of aromatic nitrogens is 4. The van der Waals surface area contributed by atoms with Crippen molar-refractivity contribution >= 4 is 10.9 Å². The van der Waals surface area contributed by atoms with E-state index in [1.165, 1.54) is 22.3 Å². The lowest BCUT2D eigenvalue weighted by Crippen LogP contribution is -2.23. The maximum absolute atomic E-state index is 4.69. The first-order valence-electron chi connectivity index (χ1n) is 10.6. The summed E-state index contributed by atoms with van der Waals surface area (Å²) < 4.78 is 2.25. The van der Waals surface area contributed by atoms with Crippen LogP contribution in [-0.2, 0) is 18.4 Å². The van der Waals surface area contributed by atoms with Crippen molar-refractivity contribution in [3.8, 4) is 0 Å². The molecule has 0 saturated heterocycles. The van der Waals surface area contributed by atoms with E-state index in [0.29, 0.717) is 0 Å². The third-order valence-electron chi connectivity index (χ3n) is 5.83. The molecule has 2 N–H and O–H groups in total. The van der Waals surface area contributed by atoms with Gasteiger partial charge in [-0.15, -0.1) is 0 Å². The monoisotopic (exact) mass is 401 g/mol. The fourth-order valence-electron chi connectivity index (χ4n) is 4.06. The molecule has 30 heavy (non-hydrogen) atoms. The van der Waals surface area contributed by atoms with Gasteiger partial charge < -0.3 is 9.88 Å². The fraction of sp³-hybridized carbons (Fsp3) is 0.360. The number of H-pyrrole nitrogens is 1. The summed E-state index contributed by atoms with van der Waals surface area (Å²) in [5, 5.41) is 11.9. The van der Waals surface area contributed by atoms with E-state index in [-0.39, 0.29) is 11.5 Å². The summed E-state index contributed by atoms with van der Waals surface area (Å²) >= 11 is 0. The summed E-state index contributed by atoms with van der Waals surface area (Å²) in [6.07, 6.45) is 6.73. The Labute approximate surface area is 178 Å². The molecule has 0 aliphatic carbocycles. The molecule has 5 heteroatoms. The summed E-state index contributed by atoms with van der Waals surface area (Å²) in [7, 11) is 2.01. The van der Waals surface area contributed by atoms with Gasteiger partial charge in [0.25, 0.3) is 0 Å². The number of imidazole rings is 1. The topological polar surface area (TPSA) is 58.5 Å². The molecule has 2 aromatic heterocycles. The molecule has 0 aliphatic rings. The fourth-order valence-corrected chi connectivity index (χ4v) is 4.06. The Hall–Kier alpha value is -2.92. The Morgan fingerprint density at radius 3 is 2.57 bits per heavy atom. The van der Waals surface area contributed by atoms with Gasteiger partial charge in [0.1, 0.15) is 5.82 Å². The van der Waals surface area contributed by atoms with Gasteiger partial charge in [-0.25, -0.2) is 4.98 Å². The smallest absolute Gasteiger partial charge is 0.126 e. The maximum atomic E-state index is 4.69. The number of fused-ring (bicyclic) bond motifs is 1. The number of likely N-dealkylation sites (N-methyl/N-ethyl adjacent to an activating group) is 1. The van der Waals surface area contributed by atoms with E-state index in [4.69, 9.17) is 4.98 Å². The summed E-state index contributed by atoms with van der Waals surface area (Å²) in [4.78, 5) is 4.69. The minimum Gasteiger partial charge on any atom is -0.329 e. The number of hydrogen-bond donors (Lipinski definition) is 2. The van der Waals surface area contributed by atoms with Gasteiger partial charge in [0, 0.05) is 24.3 Å². The van der Waals surface area contributed by atoms with Crippen molar-refractivity contribution in [1.29, 1.82) is 0 Å². The molecule has 0 bridgehead atoms. The van der Waals surface area contributed by atoms with Crippen molar-refractivity contribution in [2.75, 3.05) is 7.05 Å². The maximum Gasteiger partial charge on any atom is 0.126 e. The number of benzene rings is 2. The van der Waals surface area contributed by atoms with Gasteiger partial charge in [0.2, 0.25) is 0 Å². The lowest BCUT2D eigenvalue weighted by atomic mass is 9.87. The minimum absolute atomic E-state index is 0.137. The normalized spacial score (nSPS) is 13.1.